The highest BCUT2D eigenvalue weighted by Crippen LogP contribution is 2.09. The molecule has 0 aliphatic carbocycles. The third-order valence-corrected chi connectivity index (χ3v) is 2.48. The maximum atomic E-state index is 8.99. The fourth-order valence-electron chi connectivity index (χ4n) is 1.58. The molecule has 1 aromatic heterocycles. The molecule has 1 aromatic rings. The molecule has 0 atom stereocenters. The maximum absolute atomic E-state index is 8.99. The van der Waals surface area contributed by atoms with Crippen LogP contribution in [-0.4, -0.2) is 41.5 Å². The molecule has 0 unspecified atom stereocenters. The molecule has 1 heterocycles. The minimum atomic E-state index is 0.0926. The molecular formula is C13H22N4O. The van der Waals surface area contributed by atoms with E-state index < -0.39 is 0 Å². The SMILES string of the molecule is C=CCN(CCO)c1ccc(CNCCC)nn1. The van der Waals surface area contributed by atoms with Crippen LogP contribution in [0, 0.1) is 0 Å². The highest BCUT2D eigenvalue weighted by molar-refractivity contribution is 5.38. The van der Waals surface area contributed by atoms with Crippen molar-refractivity contribution in [1.29, 1.82) is 0 Å². The molecule has 100 valence electrons. The van der Waals surface area contributed by atoms with E-state index in [2.05, 4.69) is 29.0 Å². The van der Waals surface area contributed by atoms with Crippen molar-refractivity contribution in [2.24, 2.45) is 0 Å². The Hall–Kier alpha value is -1.46. The van der Waals surface area contributed by atoms with E-state index in [1.54, 1.807) is 6.08 Å². The summed E-state index contributed by atoms with van der Waals surface area (Å²) in [5.41, 5.74) is 0.926. The molecule has 0 aromatic carbocycles. The highest BCUT2D eigenvalue weighted by atomic mass is 16.3. The molecular weight excluding hydrogens is 228 g/mol. The van der Waals surface area contributed by atoms with Gasteiger partial charge in [-0.25, -0.2) is 0 Å². The van der Waals surface area contributed by atoms with Crippen molar-refractivity contribution in [1.82, 2.24) is 15.5 Å². The minimum absolute atomic E-state index is 0.0926. The summed E-state index contributed by atoms with van der Waals surface area (Å²) in [6.45, 7) is 8.83. The summed E-state index contributed by atoms with van der Waals surface area (Å²) in [5.74, 6) is 0.767. The monoisotopic (exact) mass is 250 g/mol. The van der Waals surface area contributed by atoms with Crippen LogP contribution >= 0.6 is 0 Å². The van der Waals surface area contributed by atoms with Gasteiger partial charge in [-0.2, -0.15) is 5.10 Å². The smallest absolute Gasteiger partial charge is 0.151 e. The van der Waals surface area contributed by atoms with Gasteiger partial charge >= 0.3 is 0 Å². The molecule has 18 heavy (non-hydrogen) atoms. The third kappa shape index (κ3) is 4.81. The summed E-state index contributed by atoms with van der Waals surface area (Å²) in [4.78, 5) is 1.93. The maximum Gasteiger partial charge on any atom is 0.151 e. The van der Waals surface area contributed by atoms with Crippen molar-refractivity contribution in [3.63, 3.8) is 0 Å². The van der Waals surface area contributed by atoms with Gasteiger partial charge in [0.15, 0.2) is 5.82 Å². The van der Waals surface area contributed by atoms with Crippen LogP contribution in [0.15, 0.2) is 24.8 Å². The van der Waals surface area contributed by atoms with Gasteiger partial charge in [-0.05, 0) is 25.1 Å². The van der Waals surface area contributed by atoms with E-state index in [0.29, 0.717) is 13.1 Å². The van der Waals surface area contributed by atoms with Gasteiger partial charge in [-0.1, -0.05) is 13.0 Å². The summed E-state index contributed by atoms with van der Waals surface area (Å²) >= 11 is 0. The molecule has 0 saturated carbocycles. The molecule has 0 radical (unpaired) electrons. The van der Waals surface area contributed by atoms with Crippen LogP contribution < -0.4 is 10.2 Å². The van der Waals surface area contributed by atoms with Gasteiger partial charge in [0.25, 0.3) is 0 Å². The molecule has 5 heteroatoms. The average molecular weight is 250 g/mol. The standard InChI is InChI=1S/C13H22N4O/c1-3-7-14-11-12-5-6-13(16-15-12)17(8-4-2)9-10-18/h4-6,14,18H,2-3,7-11H2,1H3. The summed E-state index contributed by atoms with van der Waals surface area (Å²) in [5, 5.41) is 20.6. The zero-order valence-corrected chi connectivity index (χ0v) is 11.0. The van der Waals surface area contributed by atoms with E-state index in [4.69, 9.17) is 5.11 Å². The van der Waals surface area contributed by atoms with Gasteiger partial charge in [0, 0.05) is 19.6 Å². The second kappa shape index (κ2) is 8.60. The Kier molecular flexibility index (Phi) is 6.98. The van der Waals surface area contributed by atoms with Crippen molar-refractivity contribution >= 4 is 5.82 Å². The molecule has 0 amide bonds. The van der Waals surface area contributed by atoms with E-state index in [0.717, 1.165) is 31.0 Å². The van der Waals surface area contributed by atoms with Crippen molar-refractivity contribution in [2.75, 3.05) is 31.1 Å². The van der Waals surface area contributed by atoms with E-state index >= 15 is 0 Å². The quantitative estimate of drug-likeness (QED) is 0.505. The number of aliphatic hydroxyl groups excluding tert-OH is 1. The number of aromatic nitrogens is 2. The van der Waals surface area contributed by atoms with Gasteiger partial charge in [0.2, 0.25) is 0 Å². The van der Waals surface area contributed by atoms with Crippen LogP contribution in [0.2, 0.25) is 0 Å². The third-order valence-electron chi connectivity index (χ3n) is 2.48. The number of hydrogen-bond donors (Lipinski definition) is 2. The average Bonchev–Trinajstić information content (AvgIpc) is 2.40. The lowest BCUT2D eigenvalue weighted by Crippen LogP contribution is -2.28. The molecule has 0 spiro atoms. The second-order valence-electron chi connectivity index (χ2n) is 4.02. The van der Waals surface area contributed by atoms with E-state index in [1.807, 2.05) is 17.0 Å². The predicted octanol–water partition coefficient (Wildman–Crippen LogP) is 0.961. The van der Waals surface area contributed by atoms with Gasteiger partial charge < -0.3 is 15.3 Å². The summed E-state index contributed by atoms with van der Waals surface area (Å²) in [6.07, 6.45) is 2.89. The zero-order chi connectivity index (χ0) is 13.2. The number of nitrogens with zero attached hydrogens (tertiary/aromatic N) is 3. The largest absolute Gasteiger partial charge is 0.395 e. The van der Waals surface area contributed by atoms with Gasteiger partial charge in [-0.15, -0.1) is 11.7 Å². The molecule has 0 bridgehead atoms. The Morgan fingerprint density at radius 1 is 1.44 bits per heavy atom. The summed E-state index contributed by atoms with van der Waals surface area (Å²) in [7, 11) is 0. The minimum Gasteiger partial charge on any atom is -0.395 e. The molecule has 0 aliphatic rings. The lowest BCUT2D eigenvalue weighted by Gasteiger charge is -2.20. The van der Waals surface area contributed by atoms with Crippen molar-refractivity contribution in [3.8, 4) is 0 Å². The first kappa shape index (κ1) is 14.6. The fourth-order valence-corrected chi connectivity index (χ4v) is 1.58. The van der Waals surface area contributed by atoms with Crippen LogP contribution in [-0.2, 0) is 6.54 Å². The number of rotatable bonds is 9. The van der Waals surface area contributed by atoms with Crippen LogP contribution in [0.1, 0.15) is 19.0 Å². The van der Waals surface area contributed by atoms with E-state index in [9.17, 15) is 0 Å². The topological polar surface area (TPSA) is 61.3 Å². The Balaban J connectivity index is 2.58. The lowest BCUT2D eigenvalue weighted by atomic mass is 10.3. The first-order chi connectivity index (χ1) is 8.81. The number of nitrogens with one attached hydrogen (secondary N) is 1. The summed E-state index contributed by atoms with van der Waals surface area (Å²) < 4.78 is 0. The molecule has 2 N–H and O–H groups in total. The highest BCUT2D eigenvalue weighted by Gasteiger charge is 2.06. The molecule has 1 rings (SSSR count). The number of aliphatic hydroxyl groups is 1. The van der Waals surface area contributed by atoms with Crippen molar-refractivity contribution in [2.45, 2.75) is 19.9 Å². The zero-order valence-electron chi connectivity index (χ0n) is 11.0. The van der Waals surface area contributed by atoms with E-state index in [1.165, 1.54) is 0 Å². The Morgan fingerprint density at radius 3 is 2.83 bits per heavy atom. The van der Waals surface area contributed by atoms with Crippen LogP contribution in [0.4, 0.5) is 5.82 Å². The normalized spacial score (nSPS) is 10.3. The Labute approximate surface area is 109 Å². The van der Waals surface area contributed by atoms with E-state index in [-0.39, 0.29) is 6.61 Å². The molecule has 0 aliphatic heterocycles. The Bertz CT molecular complexity index is 339. The van der Waals surface area contributed by atoms with Gasteiger partial charge in [0.05, 0.1) is 12.3 Å². The van der Waals surface area contributed by atoms with Crippen molar-refractivity contribution < 1.29 is 5.11 Å². The predicted molar refractivity (Wildman–Crippen MR) is 73.5 cm³/mol. The summed E-state index contributed by atoms with van der Waals surface area (Å²) in [6, 6.07) is 3.88. The van der Waals surface area contributed by atoms with Crippen LogP contribution in [0.25, 0.3) is 0 Å². The number of anilines is 1. The van der Waals surface area contributed by atoms with Crippen LogP contribution in [0.5, 0.6) is 0 Å². The second-order valence-corrected chi connectivity index (χ2v) is 4.02. The van der Waals surface area contributed by atoms with Crippen molar-refractivity contribution in [3.05, 3.63) is 30.5 Å². The fraction of sp³-hybridized carbons (Fsp3) is 0.538. The van der Waals surface area contributed by atoms with Crippen LogP contribution in [0.3, 0.4) is 0 Å². The first-order valence-electron chi connectivity index (χ1n) is 6.31. The molecule has 0 saturated heterocycles. The first-order valence-corrected chi connectivity index (χ1v) is 6.31. The van der Waals surface area contributed by atoms with Gasteiger partial charge in [-0.3, -0.25) is 0 Å². The Morgan fingerprint density at radius 2 is 2.28 bits per heavy atom. The molecule has 0 fully saturated rings. The lowest BCUT2D eigenvalue weighted by molar-refractivity contribution is 0.302. The number of hydrogen-bond acceptors (Lipinski definition) is 5. The van der Waals surface area contributed by atoms with Gasteiger partial charge in [0.1, 0.15) is 0 Å². The molecule has 5 nitrogen and oxygen atoms in total.